The predicted molar refractivity (Wildman–Crippen MR) is 43.9 cm³/mol. The van der Waals surface area contributed by atoms with Crippen LogP contribution < -0.4 is 0 Å². The van der Waals surface area contributed by atoms with E-state index < -0.39 is 0 Å². The summed E-state index contributed by atoms with van der Waals surface area (Å²) in [5.41, 5.74) is 0.168. The molecule has 2 aliphatic rings. The minimum atomic E-state index is -0.166. The summed E-state index contributed by atoms with van der Waals surface area (Å²) in [5, 5.41) is 9.44. The summed E-state index contributed by atoms with van der Waals surface area (Å²) in [6.45, 7) is 4.43. The summed E-state index contributed by atoms with van der Waals surface area (Å²) >= 11 is 0. The number of hydrogen-bond acceptors (Lipinski definition) is 3. The van der Waals surface area contributed by atoms with Crippen molar-refractivity contribution in [3.8, 4) is 0 Å². The van der Waals surface area contributed by atoms with Crippen molar-refractivity contribution in [2.75, 3.05) is 19.8 Å². The fourth-order valence-electron chi connectivity index (χ4n) is 1.87. The molecule has 0 saturated carbocycles. The second-order valence-electron chi connectivity index (χ2n) is 4.18. The Kier molecular flexibility index (Phi) is 2.10. The standard InChI is InChI=1S/C9H16O3/c1-9(5-11-6-9)8-4-7(10)2-3-12-8/h7-8,10H,2-6H2,1H3/t7-,8-/m1/s1. The third-order valence-corrected chi connectivity index (χ3v) is 2.90. The van der Waals surface area contributed by atoms with Crippen LogP contribution in [0, 0.1) is 5.41 Å². The molecule has 3 heteroatoms. The Bertz CT molecular complexity index is 165. The van der Waals surface area contributed by atoms with Gasteiger partial charge in [-0.25, -0.2) is 0 Å². The molecule has 12 heavy (non-hydrogen) atoms. The van der Waals surface area contributed by atoms with Gasteiger partial charge in [0.25, 0.3) is 0 Å². The van der Waals surface area contributed by atoms with Gasteiger partial charge in [-0.1, -0.05) is 6.92 Å². The largest absolute Gasteiger partial charge is 0.393 e. The Hall–Kier alpha value is -0.120. The quantitative estimate of drug-likeness (QED) is 0.628. The predicted octanol–water partition coefficient (Wildman–Crippen LogP) is 0.563. The lowest BCUT2D eigenvalue weighted by molar-refractivity contribution is -0.199. The third-order valence-electron chi connectivity index (χ3n) is 2.90. The summed E-state index contributed by atoms with van der Waals surface area (Å²) in [5.74, 6) is 0. The van der Waals surface area contributed by atoms with Gasteiger partial charge in [0.1, 0.15) is 0 Å². The van der Waals surface area contributed by atoms with Crippen LogP contribution in [0.1, 0.15) is 19.8 Å². The normalized spacial score (nSPS) is 40.5. The van der Waals surface area contributed by atoms with Gasteiger partial charge in [-0.15, -0.1) is 0 Å². The second kappa shape index (κ2) is 2.98. The number of hydrogen-bond donors (Lipinski definition) is 1. The van der Waals surface area contributed by atoms with E-state index in [9.17, 15) is 5.11 Å². The number of aliphatic hydroxyl groups excluding tert-OH is 1. The lowest BCUT2D eigenvalue weighted by Crippen LogP contribution is -2.52. The molecule has 0 unspecified atom stereocenters. The monoisotopic (exact) mass is 172 g/mol. The van der Waals surface area contributed by atoms with Crippen LogP contribution in [-0.4, -0.2) is 37.1 Å². The Morgan fingerprint density at radius 1 is 1.42 bits per heavy atom. The van der Waals surface area contributed by atoms with Crippen molar-refractivity contribution in [3.05, 3.63) is 0 Å². The first-order valence-electron chi connectivity index (χ1n) is 4.58. The minimum Gasteiger partial charge on any atom is -0.393 e. The van der Waals surface area contributed by atoms with E-state index in [0.717, 1.165) is 26.1 Å². The van der Waals surface area contributed by atoms with Gasteiger partial charge in [-0.05, 0) is 6.42 Å². The highest BCUT2D eigenvalue weighted by atomic mass is 16.5. The van der Waals surface area contributed by atoms with E-state index in [1.54, 1.807) is 0 Å². The van der Waals surface area contributed by atoms with E-state index in [-0.39, 0.29) is 17.6 Å². The van der Waals surface area contributed by atoms with Gasteiger partial charge in [0, 0.05) is 18.4 Å². The molecular weight excluding hydrogens is 156 g/mol. The van der Waals surface area contributed by atoms with E-state index in [4.69, 9.17) is 9.47 Å². The van der Waals surface area contributed by atoms with Gasteiger partial charge in [-0.2, -0.15) is 0 Å². The van der Waals surface area contributed by atoms with Crippen molar-refractivity contribution in [1.29, 1.82) is 0 Å². The van der Waals surface area contributed by atoms with E-state index in [0.29, 0.717) is 6.61 Å². The van der Waals surface area contributed by atoms with Crippen LogP contribution in [0.4, 0.5) is 0 Å². The molecule has 2 saturated heterocycles. The molecule has 0 bridgehead atoms. The van der Waals surface area contributed by atoms with Crippen LogP contribution in [-0.2, 0) is 9.47 Å². The van der Waals surface area contributed by atoms with Gasteiger partial charge in [-0.3, -0.25) is 0 Å². The zero-order valence-electron chi connectivity index (χ0n) is 7.45. The van der Waals surface area contributed by atoms with Crippen LogP contribution in [0.5, 0.6) is 0 Å². The zero-order chi connectivity index (χ0) is 8.60. The molecule has 70 valence electrons. The van der Waals surface area contributed by atoms with E-state index in [2.05, 4.69) is 6.92 Å². The zero-order valence-corrected chi connectivity index (χ0v) is 7.45. The fourth-order valence-corrected chi connectivity index (χ4v) is 1.87. The lowest BCUT2D eigenvalue weighted by Gasteiger charge is -2.46. The highest BCUT2D eigenvalue weighted by Crippen LogP contribution is 2.36. The Morgan fingerprint density at radius 3 is 2.67 bits per heavy atom. The van der Waals surface area contributed by atoms with Gasteiger partial charge in [0.2, 0.25) is 0 Å². The van der Waals surface area contributed by atoms with Crippen LogP contribution in [0.3, 0.4) is 0 Å². The lowest BCUT2D eigenvalue weighted by atomic mass is 9.78. The average molecular weight is 172 g/mol. The van der Waals surface area contributed by atoms with Crippen LogP contribution in [0.15, 0.2) is 0 Å². The van der Waals surface area contributed by atoms with Crippen molar-refractivity contribution >= 4 is 0 Å². The molecule has 0 aromatic carbocycles. The summed E-state index contributed by atoms with van der Waals surface area (Å²) in [4.78, 5) is 0. The maximum atomic E-state index is 9.44. The van der Waals surface area contributed by atoms with Crippen molar-refractivity contribution in [3.63, 3.8) is 0 Å². The minimum absolute atomic E-state index is 0.166. The number of aliphatic hydroxyl groups is 1. The van der Waals surface area contributed by atoms with Crippen LogP contribution in [0.2, 0.25) is 0 Å². The average Bonchev–Trinajstić information content (AvgIpc) is 2.00. The first-order chi connectivity index (χ1) is 5.71. The Labute approximate surface area is 72.7 Å². The van der Waals surface area contributed by atoms with E-state index in [1.165, 1.54) is 0 Å². The van der Waals surface area contributed by atoms with Crippen molar-refractivity contribution in [2.24, 2.45) is 5.41 Å². The number of rotatable bonds is 1. The smallest absolute Gasteiger partial charge is 0.0697 e. The Morgan fingerprint density at radius 2 is 2.17 bits per heavy atom. The maximum absolute atomic E-state index is 9.44. The van der Waals surface area contributed by atoms with Gasteiger partial charge in [0.15, 0.2) is 0 Å². The van der Waals surface area contributed by atoms with Crippen molar-refractivity contribution in [1.82, 2.24) is 0 Å². The van der Waals surface area contributed by atoms with Gasteiger partial charge >= 0.3 is 0 Å². The van der Waals surface area contributed by atoms with Gasteiger partial charge in [0.05, 0.1) is 25.4 Å². The third kappa shape index (κ3) is 1.37. The molecule has 1 N–H and O–H groups in total. The first kappa shape index (κ1) is 8.48. The summed E-state index contributed by atoms with van der Waals surface area (Å²) in [6, 6.07) is 0. The number of ether oxygens (including phenoxy) is 2. The van der Waals surface area contributed by atoms with E-state index >= 15 is 0 Å². The molecule has 2 fully saturated rings. The maximum Gasteiger partial charge on any atom is 0.0697 e. The topological polar surface area (TPSA) is 38.7 Å². The van der Waals surface area contributed by atoms with E-state index in [1.807, 2.05) is 0 Å². The highest BCUT2D eigenvalue weighted by Gasteiger charge is 2.44. The molecule has 0 aliphatic carbocycles. The fraction of sp³-hybridized carbons (Fsp3) is 1.00. The van der Waals surface area contributed by atoms with Crippen LogP contribution in [0.25, 0.3) is 0 Å². The molecule has 0 radical (unpaired) electrons. The molecule has 2 atom stereocenters. The Balaban J connectivity index is 1.94. The molecule has 2 heterocycles. The summed E-state index contributed by atoms with van der Waals surface area (Å²) in [7, 11) is 0. The molecule has 0 amide bonds. The molecule has 2 aliphatic heterocycles. The SMILES string of the molecule is CC1([C@H]2C[C@H](O)CCO2)COC1. The molecule has 3 nitrogen and oxygen atoms in total. The van der Waals surface area contributed by atoms with Gasteiger partial charge < -0.3 is 14.6 Å². The molecule has 0 spiro atoms. The second-order valence-corrected chi connectivity index (χ2v) is 4.18. The molecule has 0 aromatic rings. The molecular formula is C9H16O3. The van der Waals surface area contributed by atoms with Crippen molar-refractivity contribution in [2.45, 2.75) is 32.0 Å². The highest BCUT2D eigenvalue weighted by molar-refractivity contribution is 4.91. The first-order valence-corrected chi connectivity index (χ1v) is 4.58. The van der Waals surface area contributed by atoms with Crippen LogP contribution >= 0.6 is 0 Å². The summed E-state index contributed by atoms with van der Waals surface area (Å²) < 4.78 is 10.8. The summed E-state index contributed by atoms with van der Waals surface area (Å²) in [6.07, 6.45) is 1.60. The van der Waals surface area contributed by atoms with Crippen molar-refractivity contribution < 1.29 is 14.6 Å². The molecule has 2 rings (SSSR count). The molecule has 0 aromatic heterocycles.